The number of benzene rings is 1. The largest absolute Gasteiger partial charge is 0.393 e. The highest BCUT2D eigenvalue weighted by Gasteiger charge is 2.30. The Morgan fingerprint density at radius 3 is 2.53 bits per heavy atom. The molecule has 19 heavy (non-hydrogen) atoms. The van der Waals surface area contributed by atoms with Crippen LogP contribution in [0.2, 0.25) is 0 Å². The summed E-state index contributed by atoms with van der Waals surface area (Å²) in [7, 11) is -3.91. The zero-order valence-electron chi connectivity index (χ0n) is 10.2. The van der Waals surface area contributed by atoms with Gasteiger partial charge in [0.1, 0.15) is 5.69 Å². The fraction of sp³-hybridized carbons (Fsp3) is 0.455. The van der Waals surface area contributed by atoms with Crippen LogP contribution in [0.3, 0.4) is 0 Å². The molecule has 3 N–H and O–H groups in total. The third-order valence-corrected chi connectivity index (χ3v) is 4.73. The first-order valence-electron chi connectivity index (χ1n) is 5.97. The van der Waals surface area contributed by atoms with Gasteiger partial charge in [-0.1, -0.05) is 18.9 Å². The molecule has 0 saturated heterocycles. The number of para-hydroxylation sites is 1. The average molecular weight is 285 g/mol. The van der Waals surface area contributed by atoms with Crippen molar-refractivity contribution in [1.29, 1.82) is 0 Å². The molecule has 0 unspecified atom stereocenters. The minimum absolute atomic E-state index is 0.147. The maximum atomic E-state index is 12.2. The summed E-state index contributed by atoms with van der Waals surface area (Å²) < 4.78 is 26.9. The maximum Gasteiger partial charge on any atom is 0.312 e. The number of hydrogen-bond acceptors (Lipinski definition) is 5. The minimum Gasteiger partial charge on any atom is -0.393 e. The molecule has 0 amide bonds. The van der Waals surface area contributed by atoms with E-state index in [0.29, 0.717) is 0 Å². The summed E-state index contributed by atoms with van der Waals surface area (Å²) in [6.07, 6.45) is 3.45. The van der Waals surface area contributed by atoms with Crippen LogP contribution >= 0.6 is 0 Å². The molecule has 1 aliphatic rings. The van der Waals surface area contributed by atoms with E-state index in [1.165, 1.54) is 18.2 Å². The summed E-state index contributed by atoms with van der Waals surface area (Å²) >= 11 is 0. The number of anilines is 1. The Morgan fingerprint density at radius 2 is 1.95 bits per heavy atom. The molecule has 0 aliphatic heterocycles. The van der Waals surface area contributed by atoms with E-state index in [2.05, 4.69) is 4.72 Å². The van der Waals surface area contributed by atoms with Crippen molar-refractivity contribution < 1.29 is 13.3 Å². The lowest BCUT2D eigenvalue weighted by molar-refractivity contribution is -0.386. The Hall–Kier alpha value is -1.67. The van der Waals surface area contributed by atoms with Gasteiger partial charge in [-0.15, -0.1) is 0 Å². The summed E-state index contributed by atoms with van der Waals surface area (Å²) in [4.78, 5) is 9.82. The highest BCUT2D eigenvalue weighted by Crippen LogP contribution is 2.30. The van der Waals surface area contributed by atoms with Gasteiger partial charge < -0.3 is 5.73 Å². The van der Waals surface area contributed by atoms with E-state index >= 15 is 0 Å². The fourth-order valence-electron chi connectivity index (χ4n) is 2.28. The van der Waals surface area contributed by atoms with Crippen LogP contribution in [0.5, 0.6) is 0 Å². The second-order valence-corrected chi connectivity index (χ2v) is 6.24. The van der Waals surface area contributed by atoms with Crippen molar-refractivity contribution in [2.75, 3.05) is 5.73 Å². The van der Waals surface area contributed by atoms with E-state index in [0.717, 1.165) is 25.7 Å². The molecule has 0 radical (unpaired) electrons. The van der Waals surface area contributed by atoms with Gasteiger partial charge in [0, 0.05) is 6.04 Å². The van der Waals surface area contributed by atoms with Crippen molar-refractivity contribution in [2.24, 2.45) is 0 Å². The third-order valence-electron chi connectivity index (χ3n) is 3.18. The molecule has 0 atom stereocenters. The lowest BCUT2D eigenvalue weighted by atomic mass is 10.3. The summed E-state index contributed by atoms with van der Waals surface area (Å²) in [6.45, 7) is 0. The Balaban J connectivity index is 2.39. The standard InChI is InChI=1S/C11H15N3O4S/c12-9-6-3-7-10(11(9)14(15)16)19(17,18)13-8-4-1-2-5-8/h3,6-8,13H,1-2,4-5,12H2. The smallest absolute Gasteiger partial charge is 0.312 e. The molecule has 7 nitrogen and oxygen atoms in total. The topological polar surface area (TPSA) is 115 Å². The van der Waals surface area contributed by atoms with Gasteiger partial charge in [0.15, 0.2) is 4.90 Å². The fourth-order valence-corrected chi connectivity index (χ4v) is 3.78. The molecule has 2 rings (SSSR count). The van der Waals surface area contributed by atoms with Crippen LogP contribution in [-0.2, 0) is 10.0 Å². The van der Waals surface area contributed by atoms with Gasteiger partial charge in [0.2, 0.25) is 10.0 Å². The van der Waals surface area contributed by atoms with Gasteiger partial charge in [-0.3, -0.25) is 10.1 Å². The highest BCUT2D eigenvalue weighted by atomic mass is 32.2. The molecule has 1 aliphatic carbocycles. The Bertz CT molecular complexity index is 594. The van der Waals surface area contributed by atoms with Crippen molar-refractivity contribution >= 4 is 21.4 Å². The van der Waals surface area contributed by atoms with Crippen LogP contribution < -0.4 is 10.5 Å². The summed E-state index contributed by atoms with van der Waals surface area (Å²) in [6, 6.07) is 3.76. The van der Waals surface area contributed by atoms with Gasteiger partial charge in [0.05, 0.1) is 4.92 Å². The molecular weight excluding hydrogens is 270 g/mol. The van der Waals surface area contributed by atoms with Crippen molar-refractivity contribution in [1.82, 2.24) is 4.72 Å². The summed E-state index contributed by atoms with van der Waals surface area (Å²) in [5, 5.41) is 11.0. The third kappa shape index (κ3) is 2.85. The van der Waals surface area contributed by atoms with E-state index in [1.54, 1.807) is 0 Å². The first-order valence-corrected chi connectivity index (χ1v) is 7.45. The van der Waals surface area contributed by atoms with Gasteiger partial charge in [0.25, 0.3) is 0 Å². The normalized spacial score (nSPS) is 16.6. The maximum absolute atomic E-state index is 12.2. The van der Waals surface area contributed by atoms with Crippen molar-refractivity contribution in [2.45, 2.75) is 36.6 Å². The molecule has 104 valence electrons. The predicted molar refractivity (Wildman–Crippen MR) is 70.1 cm³/mol. The molecule has 8 heteroatoms. The second kappa shape index (κ2) is 5.14. The molecule has 1 fully saturated rings. The number of nitrogens with two attached hydrogens (primary N) is 1. The minimum atomic E-state index is -3.91. The van der Waals surface area contributed by atoms with Crippen LogP contribution in [0.1, 0.15) is 25.7 Å². The quantitative estimate of drug-likeness (QED) is 0.493. The van der Waals surface area contributed by atoms with Crippen LogP contribution in [0.4, 0.5) is 11.4 Å². The summed E-state index contributed by atoms with van der Waals surface area (Å²) in [5.41, 5.74) is 4.78. The second-order valence-electron chi connectivity index (χ2n) is 4.55. The highest BCUT2D eigenvalue weighted by molar-refractivity contribution is 7.89. The predicted octanol–water partition coefficient (Wildman–Crippen LogP) is 1.40. The van der Waals surface area contributed by atoms with Gasteiger partial charge >= 0.3 is 5.69 Å². The number of rotatable bonds is 4. The number of nitro benzene ring substituents is 1. The van der Waals surface area contributed by atoms with Crippen LogP contribution in [0.25, 0.3) is 0 Å². The number of nitrogens with zero attached hydrogens (tertiary/aromatic N) is 1. The SMILES string of the molecule is Nc1cccc(S(=O)(=O)NC2CCCC2)c1[N+](=O)[O-]. The van der Waals surface area contributed by atoms with E-state index in [1.807, 2.05) is 0 Å². The van der Waals surface area contributed by atoms with Gasteiger partial charge in [-0.25, -0.2) is 13.1 Å². The lowest BCUT2D eigenvalue weighted by Gasteiger charge is -2.13. The molecule has 1 saturated carbocycles. The number of nitrogens with one attached hydrogen (secondary N) is 1. The van der Waals surface area contributed by atoms with Crippen molar-refractivity contribution in [3.8, 4) is 0 Å². The molecule has 0 spiro atoms. The Kier molecular flexibility index (Phi) is 3.72. The number of sulfonamides is 1. The van der Waals surface area contributed by atoms with Crippen LogP contribution in [0, 0.1) is 10.1 Å². The monoisotopic (exact) mass is 285 g/mol. The molecule has 1 aromatic carbocycles. The number of nitro groups is 1. The number of nitrogen functional groups attached to an aromatic ring is 1. The van der Waals surface area contributed by atoms with E-state index < -0.39 is 20.6 Å². The van der Waals surface area contributed by atoms with E-state index in [4.69, 9.17) is 5.73 Å². The van der Waals surface area contributed by atoms with Crippen molar-refractivity contribution in [3.05, 3.63) is 28.3 Å². The van der Waals surface area contributed by atoms with E-state index in [9.17, 15) is 18.5 Å². The van der Waals surface area contributed by atoms with Crippen molar-refractivity contribution in [3.63, 3.8) is 0 Å². The zero-order chi connectivity index (χ0) is 14.0. The Morgan fingerprint density at radius 1 is 1.32 bits per heavy atom. The molecule has 1 aromatic rings. The zero-order valence-corrected chi connectivity index (χ0v) is 11.0. The average Bonchev–Trinajstić information content (AvgIpc) is 2.80. The van der Waals surface area contributed by atoms with Crippen LogP contribution in [0.15, 0.2) is 23.1 Å². The first kappa shape index (κ1) is 13.8. The van der Waals surface area contributed by atoms with Crippen LogP contribution in [-0.4, -0.2) is 19.4 Å². The molecular formula is C11H15N3O4S. The van der Waals surface area contributed by atoms with Gasteiger partial charge in [-0.2, -0.15) is 0 Å². The molecule has 0 heterocycles. The first-order chi connectivity index (χ1) is 8.92. The number of hydrogen-bond donors (Lipinski definition) is 2. The lowest BCUT2D eigenvalue weighted by Crippen LogP contribution is -2.33. The summed E-state index contributed by atoms with van der Waals surface area (Å²) in [5.74, 6) is 0. The Labute approximate surface area is 111 Å². The molecule has 0 bridgehead atoms. The van der Waals surface area contributed by atoms with Gasteiger partial charge in [-0.05, 0) is 25.0 Å². The molecule has 0 aromatic heterocycles. The van der Waals surface area contributed by atoms with E-state index in [-0.39, 0.29) is 16.6 Å².